The zero-order chi connectivity index (χ0) is 31.9. The van der Waals surface area contributed by atoms with Crippen molar-refractivity contribution in [3.63, 3.8) is 0 Å². The normalized spacial score (nSPS) is 17.6. The number of amides is 1. The topological polar surface area (TPSA) is 80.3 Å². The van der Waals surface area contributed by atoms with Crippen LogP contribution < -0.4 is 10.6 Å². The summed E-state index contributed by atoms with van der Waals surface area (Å²) in [6, 6.07) is 5.71. The third-order valence-corrected chi connectivity index (χ3v) is 7.52. The number of hydrogen-bond acceptors (Lipinski definition) is 5. The molecular formula is C30H28F7N3O3. The highest BCUT2D eigenvalue weighted by molar-refractivity contribution is 6.01. The van der Waals surface area contributed by atoms with E-state index >= 15 is 0 Å². The maximum atomic E-state index is 13.9. The first-order valence-electron chi connectivity index (χ1n) is 13.1. The minimum Gasteiger partial charge on any atom is -0.468 e. The molecule has 3 aromatic rings. The molecule has 0 unspecified atom stereocenters. The second-order valence-corrected chi connectivity index (χ2v) is 10.9. The van der Waals surface area contributed by atoms with E-state index in [4.69, 9.17) is 4.74 Å². The number of nitrogens with one attached hydrogen (secondary N) is 2. The molecule has 2 atom stereocenters. The summed E-state index contributed by atoms with van der Waals surface area (Å²) >= 11 is 0. The molecule has 1 aliphatic rings. The van der Waals surface area contributed by atoms with E-state index in [0.717, 1.165) is 0 Å². The molecule has 0 saturated carbocycles. The van der Waals surface area contributed by atoms with Crippen LogP contribution >= 0.6 is 0 Å². The van der Waals surface area contributed by atoms with Crippen LogP contribution in [0.1, 0.15) is 60.7 Å². The van der Waals surface area contributed by atoms with E-state index < -0.39 is 58.2 Å². The number of methoxy groups -OCH3 is 1. The molecular weight excluding hydrogens is 583 g/mol. The molecule has 0 spiro atoms. The van der Waals surface area contributed by atoms with Crippen molar-refractivity contribution in [1.29, 1.82) is 0 Å². The van der Waals surface area contributed by atoms with Gasteiger partial charge < -0.3 is 10.1 Å². The summed E-state index contributed by atoms with van der Waals surface area (Å²) in [5.74, 6) is -1.85. The van der Waals surface area contributed by atoms with E-state index in [1.165, 1.54) is 45.4 Å². The van der Waals surface area contributed by atoms with Crippen LogP contribution in [-0.4, -0.2) is 30.0 Å². The average Bonchev–Trinajstić information content (AvgIpc) is 3.42. The molecule has 2 aromatic carbocycles. The van der Waals surface area contributed by atoms with Crippen LogP contribution in [0.3, 0.4) is 0 Å². The quantitative estimate of drug-likeness (QED) is 0.229. The Labute approximate surface area is 242 Å². The number of pyridine rings is 1. The number of aryl methyl sites for hydroxylation is 1. The monoisotopic (exact) mass is 611 g/mol. The molecule has 0 aliphatic carbocycles. The van der Waals surface area contributed by atoms with Crippen molar-refractivity contribution in [1.82, 2.24) is 10.3 Å². The van der Waals surface area contributed by atoms with Crippen LogP contribution in [0.2, 0.25) is 0 Å². The number of esters is 1. The van der Waals surface area contributed by atoms with Crippen molar-refractivity contribution in [3.8, 4) is 11.1 Å². The van der Waals surface area contributed by atoms with Gasteiger partial charge in [0.25, 0.3) is 0 Å². The zero-order valence-corrected chi connectivity index (χ0v) is 23.5. The Balaban J connectivity index is 1.75. The van der Waals surface area contributed by atoms with Crippen LogP contribution in [-0.2, 0) is 32.1 Å². The van der Waals surface area contributed by atoms with Gasteiger partial charge in [-0.1, -0.05) is 6.07 Å². The highest BCUT2D eigenvalue weighted by atomic mass is 19.4. The number of ether oxygens (including phenoxy) is 1. The lowest BCUT2D eigenvalue weighted by molar-refractivity contribution is -0.144. The van der Waals surface area contributed by atoms with E-state index in [1.54, 1.807) is 13.0 Å². The number of aromatic nitrogens is 1. The van der Waals surface area contributed by atoms with Gasteiger partial charge >= 0.3 is 18.3 Å². The van der Waals surface area contributed by atoms with Crippen LogP contribution in [0, 0.1) is 12.7 Å². The molecule has 4 rings (SSSR count). The first-order valence-corrected chi connectivity index (χ1v) is 13.1. The maximum Gasteiger partial charge on any atom is 0.416 e. The maximum absolute atomic E-state index is 13.9. The Bertz CT molecular complexity index is 1520. The van der Waals surface area contributed by atoms with Gasteiger partial charge in [-0.2, -0.15) is 26.3 Å². The van der Waals surface area contributed by atoms with E-state index in [1.807, 2.05) is 0 Å². The molecule has 0 bridgehead atoms. The van der Waals surface area contributed by atoms with Crippen molar-refractivity contribution in [3.05, 3.63) is 82.4 Å². The summed E-state index contributed by atoms with van der Waals surface area (Å²) in [5.41, 5.74) is -3.48. The molecule has 0 radical (unpaired) electrons. The fourth-order valence-electron chi connectivity index (χ4n) is 4.94. The lowest BCUT2D eigenvalue weighted by atomic mass is 9.81. The number of hydrogen-bond donors (Lipinski definition) is 2. The summed E-state index contributed by atoms with van der Waals surface area (Å²) in [4.78, 5) is 29.9. The Morgan fingerprint density at radius 2 is 1.51 bits per heavy atom. The summed E-state index contributed by atoms with van der Waals surface area (Å²) in [6.07, 6.45) is -7.85. The molecule has 1 aliphatic heterocycles. The molecule has 13 heteroatoms. The first kappa shape index (κ1) is 31.9. The second kappa shape index (κ2) is 11.6. The minimum absolute atomic E-state index is 0.00262. The fourth-order valence-corrected chi connectivity index (χ4v) is 4.94. The van der Waals surface area contributed by atoms with Crippen molar-refractivity contribution < 1.29 is 45.1 Å². The molecule has 1 aromatic heterocycles. The van der Waals surface area contributed by atoms with E-state index in [2.05, 4.69) is 15.6 Å². The second-order valence-electron chi connectivity index (χ2n) is 10.9. The molecule has 230 valence electrons. The molecule has 2 N–H and O–H groups in total. The highest BCUT2D eigenvalue weighted by Crippen LogP contribution is 2.40. The molecule has 43 heavy (non-hydrogen) atoms. The van der Waals surface area contributed by atoms with E-state index in [0.29, 0.717) is 47.4 Å². The number of carbonyl (C=O) groups excluding carboxylic acids is 2. The van der Waals surface area contributed by atoms with Gasteiger partial charge in [-0.25, -0.2) is 4.39 Å². The van der Waals surface area contributed by atoms with Crippen molar-refractivity contribution in [2.45, 2.75) is 63.5 Å². The lowest BCUT2D eigenvalue weighted by Crippen LogP contribution is -2.35. The third kappa shape index (κ3) is 6.82. The van der Waals surface area contributed by atoms with Crippen LogP contribution in [0.5, 0.6) is 0 Å². The van der Waals surface area contributed by atoms with Gasteiger partial charge in [0, 0.05) is 5.56 Å². The number of halogens is 7. The predicted octanol–water partition coefficient (Wildman–Crippen LogP) is 7.12. The summed E-state index contributed by atoms with van der Waals surface area (Å²) in [7, 11) is 1.27. The number of carbonyl (C=O) groups is 2. The van der Waals surface area contributed by atoms with Crippen molar-refractivity contribution >= 4 is 17.6 Å². The van der Waals surface area contributed by atoms with Gasteiger partial charge in [0.2, 0.25) is 5.91 Å². The van der Waals surface area contributed by atoms with E-state index in [-0.39, 0.29) is 17.8 Å². The average molecular weight is 612 g/mol. The standard InChI is InChI=1S/C30H28F7N3O3/c1-15-9-19(31)5-6-20(15)21-13-24(22-7-8-23(39-22)26(41)43-4)38-14-25(21)40-27(42)28(2,3)16-10-17(29(32,33)34)12-18(11-16)30(35,36)37/h5-6,9-14,22-23,39H,7-8H2,1-4H3,(H,40,42)/t22-,23-/m0/s1. The number of alkyl halides is 6. The van der Waals surface area contributed by atoms with E-state index in [9.17, 15) is 40.3 Å². The summed E-state index contributed by atoms with van der Waals surface area (Å²) < 4.78 is 99.7. The zero-order valence-electron chi connectivity index (χ0n) is 23.5. The van der Waals surface area contributed by atoms with Gasteiger partial charge in [-0.3, -0.25) is 19.9 Å². The largest absolute Gasteiger partial charge is 0.468 e. The smallest absolute Gasteiger partial charge is 0.416 e. The van der Waals surface area contributed by atoms with Crippen LogP contribution in [0.4, 0.5) is 36.4 Å². The number of anilines is 1. The minimum atomic E-state index is -5.09. The van der Waals surface area contributed by atoms with Crippen LogP contribution in [0.25, 0.3) is 11.1 Å². The fraction of sp³-hybridized carbons (Fsp3) is 0.367. The predicted molar refractivity (Wildman–Crippen MR) is 143 cm³/mol. The highest BCUT2D eigenvalue weighted by Gasteiger charge is 2.40. The van der Waals surface area contributed by atoms with Crippen LogP contribution in [0.15, 0.2) is 48.7 Å². The molecule has 1 saturated heterocycles. The van der Waals surface area contributed by atoms with Gasteiger partial charge in [0.15, 0.2) is 0 Å². The van der Waals surface area contributed by atoms with Gasteiger partial charge in [-0.15, -0.1) is 0 Å². The number of rotatable bonds is 6. The molecule has 1 fully saturated rings. The molecule has 1 amide bonds. The third-order valence-electron chi connectivity index (χ3n) is 7.52. The first-order chi connectivity index (χ1) is 19.9. The molecule has 2 heterocycles. The SMILES string of the molecule is COC(=O)[C@@H]1CC[C@@H](c2cc(-c3ccc(F)cc3C)c(NC(=O)C(C)(C)c3cc(C(F)(F)F)cc(C(F)(F)F)c3)cn2)N1. The summed E-state index contributed by atoms with van der Waals surface area (Å²) in [6.45, 7) is 4.05. The van der Waals surface area contributed by atoms with Gasteiger partial charge in [0.1, 0.15) is 11.9 Å². The number of benzene rings is 2. The number of nitrogens with zero attached hydrogens (tertiary/aromatic N) is 1. The van der Waals surface area contributed by atoms with Crippen molar-refractivity contribution in [2.24, 2.45) is 0 Å². The molecule has 6 nitrogen and oxygen atoms in total. The lowest BCUT2D eigenvalue weighted by Gasteiger charge is -2.27. The van der Waals surface area contributed by atoms with Gasteiger partial charge in [-0.05, 0) is 86.7 Å². The Hall–Kier alpha value is -4.00. The van der Waals surface area contributed by atoms with Gasteiger partial charge in [0.05, 0.1) is 47.3 Å². The Kier molecular flexibility index (Phi) is 8.60. The summed E-state index contributed by atoms with van der Waals surface area (Å²) in [5, 5.41) is 5.74. The Morgan fingerprint density at radius 1 is 0.907 bits per heavy atom. The Morgan fingerprint density at radius 3 is 2.07 bits per heavy atom. The van der Waals surface area contributed by atoms with Crippen molar-refractivity contribution in [2.75, 3.05) is 12.4 Å².